The molecule has 1 fully saturated rings. The summed E-state index contributed by atoms with van der Waals surface area (Å²) < 4.78 is 17.4. The Hall–Kier alpha value is -0.640. The first-order valence-electron chi connectivity index (χ1n) is 3.19. The molecule has 0 radical (unpaired) electrons. The molecule has 0 bridgehead atoms. The summed E-state index contributed by atoms with van der Waals surface area (Å²) in [4.78, 5) is 10.4. The zero-order valence-corrected chi connectivity index (χ0v) is 5.76. The second-order valence-corrected chi connectivity index (χ2v) is 2.36. The molecule has 0 aromatic rings. The maximum atomic E-state index is 12.6. The van der Waals surface area contributed by atoms with Gasteiger partial charge in [0.2, 0.25) is 5.91 Å². The number of hydrogen-bond donors (Lipinski definition) is 1. The Bertz CT molecular complexity index is 140. The quantitative estimate of drug-likeness (QED) is 0.560. The first-order valence-corrected chi connectivity index (χ1v) is 3.19. The number of hydrogen-bond acceptors (Lipinski definition) is 2. The molecule has 2 unspecified atom stereocenters. The fourth-order valence-corrected chi connectivity index (χ4v) is 0.921. The molecule has 1 amide bonds. The minimum absolute atomic E-state index is 0.102. The van der Waals surface area contributed by atoms with Crippen LogP contribution in [0.4, 0.5) is 4.39 Å². The van der Waals surface area contributed by atoms with Gasteiger partial charge in [-0.05, 0) is 0 Å². The van der Waals surface area contributed by atoms with Crippen LogP contribution < -0.4 is 5.32 Å². The van der Waals surface area contributed by atoms with Crippen LogP contribution in [0.15, 0.2) is 0 Å². The first-order chi connectivity index (χ1) is 4.70. The van der Waals surface area contributed by atoms with Crippen LogP contribution >= 0.6 is 0 Å². The molecule has 4 heteroatoms. The molecule has 0 saturated carbocycles. The lowest BCUT2D eigenvalue weighted by atomic mass is 10.2. The van der Waals surface area contributed by atoms with E-state index in [1.165, 1.54) is 6.92 Å². The van der Waals surface area contributed by atoms with Gasteiger partial charge in [-0.25, -0.2) is 4.39 Å². The maximum Gasteiger partial charge on any atom is 0.217 e. The Morgan fingerprint density at radius 3 is 2.80 bits per heavy atom. The number of rotatable bonds is 1. The van der Waals surface area contributed by atoms with Crippen LogP contribution in [0.25, 0.3) is 0 Å². The summed E-state index contributed by atoms with van der Waals surface area (Å²) >= 11 is 0. The van der Waals surface area contributed by atoms with Crippen molar-refractivity contribution < 1.29 is 13.9 Å². The van der Waals surface area contributed by atoms with Crippen molar-refractivity contribution in [3.05, 3.63) is 0 Å². The van der Waals surface area contributed by atoms with Crippen molar-refractivity contribution in [3.8, 4) is 0 Å². The van der Waals surface area contributed by atoms with E-state index in [4.69, 9.17) is 4.74 Å². The molecule has 3 nitrogen and oxygen atoms in total. The fraction of sp³-hybridized carbons (Fsp3) is 0.833. The van der Waals surface area contributed by atoms with E-state index in [-0.39, 0.29) is 12.5 Å². The van der Waals surface area contributed by atoms with Crippen molar-refractivity contribution in [1.29, 1.82) is 0 Å². The van der Waals surface area contributed by atoms with Crippen molar-refractivity contribution in [3.63, 3.8) is 0 Å². The summed E-state index contributed by atoms with van der Waals surface area (Å²) in [7, 11) is 0. The average molecular weight is 147 g/mol. The Morgan fingerprint density at radius 2 is 2.40 bits per heavy atom. The number of halogens is 1. The van der Waals surface area contributed by atoms with Gasteiger partial charge in [0, 0.05) is 6.92 Å². The van der Waals surface area contributed by atoms with E-state index in [0.717, 1.165) is 0 Å². The molecule has 58 valence electrons. The third-order valence-corrected chi connectivity index (χ3v) is 1.40. The van der Waals surface area contributed by atoms with Crippen molar-refractivity contribution in [1.82, 2.24) is 5.32 Å². The van der Waals surface area contributed by atoms with Crippen LogP contribution in [-0.2, 0) is 9.53 Å². The summed E-state index contributed by atoms with van der Waals surface area (Å²) in [5.41, 5.74) is 0. The van der Waals surface area contributed by atoms with Crippen LogP contribution in [0.2, 0.25) is 0 Å². The zero-order chi connectivity index (χ0) is 7.56. The zero-order valence-electron chi connectivity index (χ0n) is 5.76. The minimum atomic E-state index is -1.04. The molecule has 0 aromatic carbocycles. The molecule has 1 aliphatic heterocycles. The SMILES string of the molecule is CC(=O)NC1COCC1F. The Morgan fingerprint density at radius 1 is 1.70 bits per heavy atom. The Labute approximate surface area is 58.5 Å². The van der Waals surface area contributed by atoms with Gasteiger partial charge in [0.05, 0.1) is 19.3 Å². The lowest BCUT2D eigenvalue weighted by Crippen LogP contribution is -2.39. The summed E-state index contributed by atoms with van der Waals surface area (Å²) in [5.74, 6) is -0.210. The lowest BCUT2D eigenvalue weighted by molar-refractivity contribution is -0.119. The van der Waals surface area contributed by atoms with Crippen molar-refractivity contribution in [2.24, 2.45) is 0 Å². The van der Waals surface area contributed by atoms with Crippen molar-refractivity contribution >= 4 is 5.91 Å². The van der Waals surface area contributed by atoms with Gasteiger partial charge in [-0.3, -0.25) is 4.79 Å². The predicted molar refractivity (Wildman–Crippen MR) is 33.3 cm³/mol. The smallest absolute Gasteiger partial charge is 0.217 e. The number of ether oxygens (including phenoxy) is 1. The molecule has 1 N–H and O–H groups in total. The summed E-state index contributed by atoms with van der Waals surface area (Å²) in [5, 5.41) is 2.45. The number of carbonyl (C=O) groups excluding carboxylic acids is 1. The second kappa shape index (κ2) is 2.96. The molecule has 1 heterocycles. The largest absolute Gasteiger partial charge is 0.376 e. The van der Waals surface area contributed by atoms with E-state index >= 15 is 0 Å². The topological polar surface area (TPSA) is 38.3 Å². The lowest BCUT2D eigenvalue weighted by Gasteiger charge is -2.09. The van der Waals surface area contributed by atoms with Crippen LogP contribution in [0.1, 0.15) is 6.92 Å². The normalized spacial score (nSPS) is 32.2. The van der Waals surface area contributed by atoms with Gasteiger partial charge in [-0.15, -0.1) is 0 Å². The monoisotopic (exact) mass is 147 g/mol. The molecule has 1 saturated heterocycles. The van der Waals surface area contributed by atoms with E-state index in [1.54, 1.807) is 0 Å². The van der Waals surface area contributed by atoms with Gasteiger partial charge < -0.3 is 10.1 Å². The van der Waals surface area contributed by atoms with Gasteiger partial charge >= 0.3 is 0 Å². The number of carbonyl (C=O) groups is 1. The number of nitrogens with one attached hydrogen (secondary N) is 1. The fourth-order valence-electron chi connectivity index (χ4n) is 0.921. The van der Waals surface area contributed by atoms with Crippen LogP contribution in [0, 0.1) is 0 Å². The molecular formula is C6H10FNO2. The first kappa shape index (κ1) is 7.47. The highest BCUT2D eigenvalue weighted by atomic mass is 19.1. The van der Waals surface area contributed by atoms with Crippen molar-refractivity contribution in [2.75, 3.05) is 13.2 Å². The van der Waals surface area contributed by atoms with Gasteiger partial charge in [0.1, 0.15) is 6.17 Å². The highest BCUT2D eigenvalue weighted by Crippen LogP contribution is 2.08. The van der Waals surface area contributed by atoms with Gasteiger partial charge in [-0.2, -0.15) is 0 Å². The molecule has 0 spiro atoms. The van der Waals surface area contributed by atoms with Gasteiger partial charge in [0.25, 0.3) is 0 Å². The van der Waals surface area contributed by atoms with Crippen LogP contribution in [-0.4, -0.2) is 31.3 Å². The third kappa shape index (κ3) is 1.67. The highest BCUT2D eigenvalue weighted by molar-refractivity contribution is 5.73. The number of alkyl halides is 1. The summed E-state index contributed by atoms with van der Waals surface area (Å²) in [6.45, 7) is 1.76. The molecule has 1 aliphatic rings. The van der Waals surface area contributed by atoms with E-state index in [2.05, 4.69) is 5.32 Å². The highest BCUT2D eigenvalue weighted by Gasteiger charge is 2.28. The van der Waals surface area contributed by atoms with Gasteiger partial charge in [-0.1, -0.05) is 0 Å². The molecule has 2 atom stereocenters. The maximum absolute atomic E-state index is 12.6. The van der Waals surface area contributed by atoms with Crippen LogP contribution in [0.5, 0.6) is 0 Å². The van der Waals surface area contributed by atoms with E-state index in [9.17, 15) is 9.18 Å². The van der Waals surface area contributed by atoms with Crippen LogP contribution in [0.3, 0.4) is 0 Å². The molecule has 0 aliphatic carbocycles. The predicted octanol–water partition coefficient (Wildman–Crippen LogP) is -0.141. The summed E-state index contributed by atoms with van der Waals surface area (Å²) in [6.07, 6.45) is -1.04. The minimum Gasteiger partial charge on any atom is -0.376 e. The van der Waals surface area contributed by atoms with Gasteiger partial charge in [0.15, 0.2) is 0 Å². The molecular weight excluding hydrogens is 137 g/mol. The molecule has 0 aromatic heterocycles. The third-order valence-electron chi connectivity index (χ3n) is 1.40. The van der Waals surface area contributed by atoms with Crippen molar-refractivity contribution in [2.45, 2.75) is 19.1 Å². The average Bonchev–Trinajstić information content (AvgIpc) is 2.15. The van der Waals surface area contributed by atoms with E-state index in [0.29, 0.717) is 6.61 Å². The second-order valence-electron chi connectivity index (χ2n) is 2.36. The molecule has 1 rings (SSSR count). The molecule has 10 heavy (non-hydrogen) atoms. The summed E-state index contributed by atoms with van der Waals surface area (Å²) in [6, 6.07) is -0.433. The van der Waals surface area contributed by atoms with E-state index < -0.39 is 12.2 Å². The Balaban J connectivity index is 2.33. The van der Waals surface area contributed by atoms with E-state index in [1.807, 2.05) is 0 Å². The Kier molecular flexibility index (Phi) is 2.21. The number of amides is 1. The standard InChI is InChI=1S/C6H10FNO2/c1-4(9)8-6-3-10-2-5(6)7/h5-6H,2-3H2,1H3,(H,8,9).